The third kappa shape index (κ3) is 3.39. The van der Waals surface area contributed by atoms with Crippen molar-refractivity contribution in [1.82, 2.24) is 10.2 Å². The normalized spacial score (nSPS) is 21.5. The van der Waals surface area contributed by atoms with Gasteiger partial charge in [0.05, 0.1) is 0 Å². The molecule has 1 saturated heterocycles. The second-order valence-corrected chi connectivity index (χ2v) is 6.07. The maximum atomic E-state index is 6.25. The number of halogens is 2. The quantitative estimate of drug-likeness (QED) is 0.916. The minimum atomic E-state index is 0.575. The van der Waals surface area contributed by atoms with Crippen molar-refractivity contribution in [2.75, 3.05) is 19.6 Å². The maximum Gasteiger partial charge on any atom is 0.0465 e. The Kier molecular flexibility index (Phi) is 4.91. The smallest absolute Gasteiger partial charge is 0.0465 e. The van der Waals surface area contributed by atoms with E-state index in [1.807, 2.05) is 18.2 Å². The van der Waals surface area contributed by atoms with Crippen LogP contribution in [-0.2, 0) is 6.54 Å². The highest BCUT2D eigenvalue weighted by Crippen LogP contribution is 2.24. The topological polar surface area (TPSA) is 15.3 Å². The van der Waals surface area contributed by atoms with Gasteiger partial charge in [-0.2, -0.15) is 0 Å². The van der Waals surface area contributed by atoms with Crippen LogP contribution in [0.4, 0.5) is 0 Å². The van der Waals surface area contributed by atoms with Gasteiger partial charge in [-0.3, -0.25) is 4.90 Å². The van der Waals surface area contributed by atoms with Crippen molar-refractivity contribution in [3.05, 3.63) is 33.8 Å². The molecule has 100 valence electrons. The van der Waals surface area contributed by atoms with Crippen LogP contribution >= 0.6 is 23.2 Å². The summed E-state index contributed by atoms with van der Waals surface area (Å²) >= 11 is 12.2. The predicted molar refractivity (Wildman–Crippen MR) is 78.4 cm³/mol. The number of hydrogen-bond donors (Lipinski definition) is 1. The van der Waals surface area contributed by atoms with Crippen LogP contribution in [0.25, 0.3) is 0 Å². The first-order valence-corrected chi connectivity index (χ1v) is 7.22. The Hall–Kier alpha value is -0.280. The van der Waals surface area contributed by atoms with Crippen molar-refractivity contribution >= 4 is 23.2 Å². The maximum absolute atomic E-state index is 6.25. The molecule has 4 heteroatoms. The van der Waals surface area contributed by atoms with E-state index in [2.05, 4.69) is 24.1 Å². The van der Waals surface area contributed by atoms with Gasteiger partial charge in [0.25, 0.3) is 0 Å². The highest BCUT2D eigenvalue weighted by molar-refractivity contribution is 6.35. The Morgan fingerprint density at radius 1 is 1.39 bits per heavy atom. The number of nitrogens with one attached hydrogen (secondary N) is 1. The van der Waals surface area contributed by atoms with Crippen molar-refractivity contribution in [3.63, 3.8) is 0 Å². The molecule has 0 radical (unpaired) electrons. The summed E-state index contributed by atoms with van der Waals surface area (Å²) in [5.41, 5.74) is 1.16. The highest BCUT2D eigenvalue weighted by atomic mass is 35.5. The fraction of sp³-hybridized carbons (Fsp3) is 0.571. The van der Waals surface area contributed by atoms with Crippen LogP contribution in [0, 0.1) is 5.92 Å². The van der Waals surface area contributed by atoms with E-state index in [4.69, 9.17) is 23.2 Å². The molecule has 1 aliphatic rings. The first-order valence-electron chi connectivity index (χ1n) is 6.46. The van der Waals surface area contributed by atoms with Crippen molar-refractivity contribution in [3.8, 4) is 0 Å². The van der Waals surface area contributed by atoms with E-state index < -0.39 is 0 Å². The lowest BCUT2D eigenvalue weighted by molar-refractivity contribution is 0.117. The number of rotatable bonds is 3. The lowest BCUT2D eigenvalue weighted by atomic mass is 10.00. The molecule has 1 fully saturated rings. The molecule has 2 rings (SSSR count). The number of benzene rings is 1. The Bertz CT molecular complexity index is 407. The van der Waals surface area contributed by atoms with E-state index in [0.29, 0.717) is 17.0 Å². The van der Waals surface area contributed by atoms with E-state index in [9.17, 15) is 0 Å². The van der Waals surface area contributed by atoms with E-state index >= 15 is 0 Å². The number of piperazine rings is 1. The molecule has 0 spiro atoms. The van der Waals surface area contributed by atoms with E-state index in [0.717, 1.165) is 36.8 Å². The van der Waals surface area contributed by atoms with Gasteiger partial charge < -0.3 is 5.32 Å². The molecule has 0 aromatic heterocycles. The van der Waals surface area contributed by atoms with Gasteiger partial charge in [-0.15, -0.1) is 0 Å². The molecule has 1 aromatic carbocycles. The molecule has 1 N–H and O–H groups in total. The van der Waals surface area contributed by atoms with Crippen molar-refractivity contribution < 1.29 is 0 Å². The van der Waals surface area contributed by atoms with Crippen molar-refractivity contribution in [1.29, 1.82) is 0 Å². The summed E-state index contributed by atoms with van der Waals surface area (Å²) in [6, 6.07) is 6.34. The van der Waals surface area contributed by atoms with Gasteiger partial charge in [-0.25, -0.2) is 0 Å². The van der Waals surface area contributed by atoms with Crippen LogP contribution in [-0.4, -0.2) is 30.6 Å². The second-order valence-electron chi connectivity index (χ2n) is 5.22. The first-order chi connectivity index (χ1) is 8.58. The summed E-state index contributed by atoms with van der Waals surface area (Å²) in [6.07, 6.45) is 0. The van der Waals surface area contributed by atoms with Crippen molar-refractivity contribution in [2.24, 2.45) is 5.92 Å². The van der Waals surface area contributed by atoms with Crippen LogP contribution in [0.15, 0.2) is 18.2 Å². The largest absolute Gasteiger partial charge is 0.314 e. The standard InChI is InChI=1S/C14H20Cl2N2/c1-10(2)14-8-17-5-6-18(14)9-11-3-4-12(15)7-13(11)16/h3-4,7,10,14,17H,5-6,8-9H2,1-2H3. The highest BCUT2D eigenvalue weighted by Gasteiger charge is 2.25. The van der Waals surface area contributed by atoms with Gasteiger partial charge >= 0.3 is 0 Å². The minimum Gasteiger partial charge on any atom is -0.314 e. The average molecular weight is 287 g/mol. The molecule has 2 nitrogen and oxygen atoms in total. The van der Waals surface area contributed by atoms with E-state index in [1.165, 1.54) is 0 Å². The Balaban J connectivity index is 2.11. The molecule has 1 atom stereocenters. The van der Waals surface area contributed by atoms with Crippen LogP contribution in [0.3, 0.4) is 0 Å². The zero-order valence-electron chi connectivity index (χ0n) is 10.9. The Labute approximate surface area is 119 Å². The summed E-state index contributed by atoms with van der Waals surface area (Å²) in [7, 11) is 0. The Morgan fingerprint density at radius 3 is 2.83 bits per heavy atom. The fourth-order valence-electron chi connectivity index (χ4n) is 2.49. The van der Waals surface area contributed by atoms with Gasteiger partial charge in [0, 0.05) is 42.3 Å². The zero-order chi connectivity index (χ0) is 13.1. The van der Waals surface area contributed by atoms with Crippen LogP contribution in [0.1, 0.15) is 19.4 Å². The lowest BCUT2D eigenvalue weighted by Crippen LogP contribution is -2.52. The van der Waals surface area contributed by atoms with Gasteiger partial charge in [0.2, 0.25) is 0 Å². The monoisotopic (exact) mass is 286 g/mol. The molecule has 0 bridgehead atoms. The number of hydrogen-bond acceptors (Lipinski definition) is 2. The van der Waals surface area contributed by atoms with E-state index in [-0.39, 0.29) is 0 Å². The summed E-state index contributed by atoms with van der Waals surface area (Å²) in [5.74, 6) is 0.642. The average Bonchev–Trinajstić information content (AvgIpc) is 2.33. The molecular formula is C14H20Cl2N2. The third-order valence-corrected chi connectivity index (χ3v) is 4.14. The number of nitrogens with zero attached hydrogens (tertiary/aromatic N) is 1. The molecular weight excluding hydrogens is 267 g/mol. The van der Waals surface area contributed by atoms with E-state index in [1.54, 1.807) is 0 Å². The lowest BCUT2D eigenvalue weighted by Gasteiger charge is -2.38. The van der Waals surface area contributed by atoms with Crippen LogP contribution in [0.2, 0.25) is 10.0 Å². The third-order valence-electron chi connectivity index (χ3n) is 3.56. The molecule has 1 heterocycles. The van der Waals surface area contributed by atoms with Crippen LogP contribution < -0.4 is 5.32 Å². The summed E-state index contributed by atoms with van der Waals surface area (Å²) in [5, 5.41) is 4.93. The van der Waals surface area contributed by atoms with Crippen LogP contribution in [0.5, 0.6) is 0 Å². The van der Waals surface area contributed by atoms with Gasteiger partial charge in [0.15, 0.2) is 0 Å². The predicted octanol–water partition coefficient (Wildman–Crippen LogP) is 3.42. The molecule has 18 heavy (non-hydrogen) atoms. The fourth-order valence-corrected chi connectivity index (χ4v) is 2.96. The summed E-state index contributed by atoms with van der Waals surface area (Å²) in [6.45, 7) is 8.63. The molecule has 1 aromatic rings. The first kappa shape index (κ1) is 14.1. The van der Waals surface area contributed by atoms with Gasteiger partial charge in [0.1, 0.15) is 0 Å². The molecule has 1 aliphatic heterocycles. The SMILES string of the molecule is CC(C)C1CNCCN1Cc1ccc(Cl)cc1Cl. The van der Waals surface area contributed by atoms with Gasteiger partial charge in [-0.05, 0) is 23.6 Å². The summed E-state index contributed by atoms with van der Waals surface area (Å²) in [4.78, 5) is 2.51. The second kappa shape index (κ2) is 6.25. The molecule has 0 saturated carbocycles. The molecule has 0 aliphatic carbocycles. The summed E-state index contributed by atoms with van der Waals surface area (Å²) < 4.78 is 0. The molecule has 1 unspecified atom stereocenters. The van der Waals surface area contributed by atoms with Crippen molar-refractivity contribution in [2.45, 2.75) is 26.4 Å². The minimum absolute atomic E-state index is 0.575. The Morgan fingerprint density at radius 2 is 2.17 bits per heavy atom. The van der Waals surface area contributed by atoms with Gasteiger partial charge in [-0.1, -0.05) is 43.1 Å². The molecule has 0 amide bonds. The zero-order valence-corrected chi connectivity index (χ0v) is 12.4.